The first-order valence-electron chi connectivity index (χ1n) is 3.96. The first-order chi connectivity index (χ1) is 6.68. The molecule has 0 amide bonds. The molecule has 4 rings (SSSR count). The molecule has 0 spiro atoms. The molecule has 4 aromatic rings. The molecule has 0 aliphatic heterocycles. The number of hydrogen-bond acceptors (Lipinski definition) is 3. The number of aromatic nitrogens is 1. The number of nitro benzene ring substituents is 1. The molecule has 0 fully saturated rings. The van der Waals surface area contributed by atoms with Gasteiger partial charge in [-0.3, -0.25) is 10.1 Å². The van der Waals surface area contributed by atoms with Crippen molar-refractivity contribution < 1.29 is 4.92 Å². The van der Waals surface area contributed by atoms with Gasteiger partial charge in [0.2, 0.25) is 0 Å². The van der Waals surface area contributed by atoms with Crippen LogP contribution in [0.2, 0.25) is 5.02 Å². The van der Waals surface area contributed by atoms with Gasteiger partial charge in [0.1, 0.15) is 0 Å². The number of hydrogen-bond donors (Lipinski definition) is 0. The number of non-ortho nitro benzene ring substituents is 1. The summed E-state index contributed by atoms with van der Waals surface area (Å²) in [6.45, 7) is 0. The molecular weight excluding hydrogens is 204 g/mol. The van der Waals surface area contributed by atoms with E-state index in [0.29, 0.717) is 10.5 Å². The number of benzene rings is 2. The Bertz CT molecular complexity index is 637. The second kappa shape index (κ2) is 2.22. The predicted octanol–water partition coefficient (Wildman–Crippen LogP) is 2.83. The smallest absolute Gasteiger partial charge is 0.258 e. The van der Waals surface area contributed by atoms with Gasteiger partial charge in [-0.25, -0.2) is 4.98 Å². The lowest BCUT2D eigenvalue weighted by Crippen LogP contribution is -1.99. The first-order valence-corrected chi connectivity index (χ1v) is 4.34. The molecular formula is C9H3ClN2O2. The van der Waals surface area contributed by atoms with Gasteiger partial charge in [0.15, 0.2) is 5.52 Å². The van der Waals surface area contributed by atoms with Gasteiger partial charge in [0, 0.05) is 11.5 Å². The number of nitro groups is 1. The van der Waals surface area contributed by atoms with Crippen LogP contribution >= 0.6 is 11.6 Å². The molecule has 0 saturated heterocycles. The zero-order chi connectivity index (χ0) is 9.87. The van der Waals surface area contributed by atoms with E-state index in [4.69, 9.17) is 11.6 Å². The third-order valence-electron chi connectivity index (χ3n) is 2.35. The van der Waals surface area contributed by atoms with Crippen LogP contribution in [0.3, 0.4) is 0 Å². The molecule has 5 heteroatoms. The fourth-order valence-electron chi connectivity index (χ4n) is 1.70. The van der Waals surface area contributed by atoms with Gasteiger partial charge >= 0.3 is 0 Å². The molecule has 0 unspecified atom stereocenters. The number of fused-ring (bicyclic) bond motifs is 1. The number of nitrogens with zero attached hydrogens (tertiary/aromatic N) is 2. The minimum Gasteiger partial charge on any atom is -0.258 e. The van der Waals surface area contributed by atoms with E-state index in [0.717, 1.165) is 16.3 Å². The second-order valence-corrected chi connectivity index (χ2v) is 3.51. The van der Waals surface area contributed by atoms with Crippen molar-refractivity contribution in [2.24, 2.45) is 0 Å². The van der Waals surface area contributed by atoms with Crippen molar-refractivity contribution in [1.82, 2.24) is 4.98 Å². The SMILES string of the molecule is O=[N+]([O-])c1cc2ccc(Cl)c3c1N=c23. The van der Waals surface area contributed by atoms with Crippen molar-refractivity contribution in [3.8, 4) is 0 Å². The van der Waals surface area contributed by atoms with Crippen molar-refractivity contribution in [1.29, 1.82) is 0 Å². The van der Waals surface area contributed by atoms with Gasteiger partial charge < -0.3 is 0 Å². The van der Waals surface area contributed by atoms with Crippen LogP contribution in [0.4, 0.5) is 5.69 Å². The highest BCUT2D eigenvalue weighted by Gasteiger charge is 2.24. The summed E-state index contributed by atoms with van der Waals surface area (Å²) >= 11 is 5.91. The Morgan fingerprint density at radius 2 is 2.14 bits per heavy atom. The van der Waals surface area contributed by atoms with Gasteiger partial charge in [-0.1, -0.05) is 17.7 Å². The average Bonchev–Trinajstić information content (AvgIpc) is 2.11. The van der Waals surface area contributed by atoms with Crippen molar-refractivity contribution in [2.75, 3.05) is 0 Å². The quantitative estimate of drug-likeness (QED) is 0.454. The fraction of sp³-hybridized carbons (Fsp3) is 0. The fourth-order valence-corrected chi connectivity index (χ4v) is 1.94. The molecule has 4 bridgehead atoms. The molecule has 2 heterocycles. The van der Waals surface area contributed by atoms with Crippen LogP contribution in [-0.4, -0.2) is 9.91 Å². The van der Waals surface area contributed by atoms with E-state index in [-0.39, 0.29) is 5.69 Å². The summed E-state index contributed by atoms with van der Waals surface area (Å²) in [6, 6.07) is 5.00. The highest BCUT2D eigenvalue weighted by molar-refractivity contribution is 6.39. The Kier molecular flexibility index (Phi) is 1.22. The van der Waals surface area contributed by atoms with Gasteiger partial charge in [0.05, 0.1) is 20.8 Å². The summed E-state index contributed by atoms with van der Waals surface area (Å²) in [4.78, 5) is 14.3. The third-order valence-corrected chi connectivity index (χ3v) is 2.67. The summed E-state index contributed by atoms with van der Waals surface area (Å²) in [5.41, 5.74) is 1.22. The summed E-state index contributed by atoms with van der Waals surface area (Å²) in [5.74, 6) is 0. The largest absolute Gasteiger partial charge is 0.296 e. The number of halogens is 1. The van der Waals surface area contributed by atoms with Gasteiger partial charge in [-0.2, -0.15) is 0 Å². The van der Waals surface area contributed by atoms with E-state index in [1.54, 1.807) is 12.1 Å². The maximum atomic E-state index is 10.7. The Morgan fingerprint density at radius 3 is 2.86 bits per heavy atom. The maximum absolute atomic E-state index is 10.7. The van der Waals surface area contributed by atoms with Crippen LogP contribution < -0.4 is 0 Å². The molecule has 2 aromatic heterocycles. The molecule has 0 atom stereocenters. The molecule has 0 aliphatic rings. The normalized spacial score (nSPS) is 11.8. The third kappa shape index (κ3) is 0.719. The Morgan fingerprint density at radius 1 is 1.36 bits per heavy atom. The molecule has 4 nitrogen and oxygen atoms in total. The molecule has 14 heavy (non-hydrogen) atoms. The maximum Gasteiger partial charge on any atom is 0.296 e. The van der Waals surface area contributed by atoms with Crippen LogP contribution in [0.15, 0.2) is 18.2 Å². The van der Waals surface area contributed by atoms with E-state index >= 15 is 0 Å². The van der Waals surface area contributed by atoms with Crippen molar-refractivity contribution >= 4 is 39.1 Å². The Labute approximate surface area is 82.9 Å². The van der Waals surface area contributed by atoms with E-state index in [2.05, 4.69) is 4.98 Å². The highest BCUT2D eigenvalue weighted by atomic mass is 35.5. The summed E-state index contributed by atoms with van der Waals surface area (Å²) in [5, 5.41) is 12.7. The molecule has 0 aliphatic carbocycles. The van der Waals surface area contributed by atoms with Crippen LogP contribution in [-0.2, 0) is 0 Å². The van der Waals surface area contributed by atoms with Gasteiger partial charge in [-0.15, -0.1) is 0 Å². The topological polar surface area (TPSA) is 56.0 Å². The highest BCUT2D eigenvalue weighted by Crippen LogP contribution is 2.40. The van der Waals surface area contributed by atoms with E-state index < -0.39 is 4.92 Å². The molecule has 68 valence electrons. The van der Waals surface area contributed by atoms with E-state index in [9.17, 15) is 10.1 Å². The first kappa shape index (κ1) is 7.70. The van der Waals surface area contributed by atoms with E-state index in [1.807, 2.05) is 0 Å². The molecule has 0 N–H and O–H groups in total. The zero-order valence-electron chi connectivity index (χ0n) is 6.82. The Hall–Kier alpha value is -1.68. The van der Waals surface area contributed by atoms with E-state index in [1.165, 1.54) is 6.07 Å². The lowest BCUT2D eigenvalue weighted by atomic mass is 10.0. The van der Waals surface area contributed by atoms with Crippen molar-refractivity contribution in [2.45, 2.75) is 0 Å². The number of rotatable bonds is 1. The molecule has 0 saturated carbocycles. The summed E-state index contributed by atoms with van der Waals surface area (Å²) < 4.78 is 0. The lowest BCUT2D eigenvalue weighted by molar-refractivity contribution is -0.383. The predicted molar refractivity (Wildman–Crippen MR) is 53.3 cm³/mol. The van der Waals surface area contributed by atoms with Crippen LogP contribution in [0.1, 0.15) is 0 Å². The Balaban J connectivity index is 2.54. The van der Waals surface area contributed by atoms with Crippen LogP contribution in [0, 0.1) is 10.1 Å². The summed E-state index contributed by atoms with van der Waals surface area (Å²) in [6.07, 6.45) is 0. The average molecular weight is 207 g/mol. The summed E-state index contributed by atoms with van der Waals surface area (Å²) in [7, 11) is 0. The van der Waals surface area contributed by atoms with Crippen LogP contribution in [0.25, 0.3) is 21.8 Å². The second-order valence-electron chi connectivity index (χ2n) is 3.11. The minimum atomic E-state index is -0.432. The van der Waals surface area contributed by atoms with Crippen molar-refractivity contribution in [3.05, 3.63) is 33.3 Å². The lowest BCUT2D eigenvalue weighted by Gasteiger charge is -2.11. The molecule has 0 radical (unpaired) electrons. The standard InChI is InChI=1S/C9H3ClN2O2/c10-5-2-1-4-3-6(12(13)14)9-7(5)8(4)11-9/h1-3H. The van der Waals surface area contributed by atoms with Crippen LogP contribution in [0.5, 0.6) is 0 Å². The zero-order valence-corrected chi connectivity index (χ0v) is 7.58. The monoisotopic (exact) mass is 206 g/mol. The molecule has 2 aromatic carbocycles. The van der Waals surface area contributed by atoms with Gasteiger partial charge in [-0.05, 0) is 6.07 Å². The number of pyridine rings is 1. The van der Waals surface area contributed by atoms with Gasteiger partial charge in [0.25, 0.3) is 5.69 Å². The minimum absolute atomic E-state index is 0.0347. The van der Waals surface area contributed by atoms with Crippen molar-refractivity contribution in [3.63, 3.8) is 0 Å².